The van der Waals surface area contributed by atoms with Gasteiger partial charge < -0.3 is 4.90 Å². The van der Waals surface area contributed by atoms with Crippen LogP contribution in [0.4, 0.5) is 0 Å². The summed E-state index contributed by atoms with van der Waals surface area (Å²) in [6.45, 7) is 0.820. The molecule has 1 aromatic carbocycles. The largest absolute Gasteiger partial charge is 0.339 e. The number of Topliss-reactive ketones (excluding diaryl/α,β-unsaturated/α-hetero) is 1. The SMILES string of the molecule is O=C1CCCCC1C1CCCN1C(=O)Cc1ccccc1. The van der Waals surface area contributed by atoms with Crippen molar-refractivity contribution in [2.75, 3.05) is 6.54 Å². The topological polar surface area (TPSA) is 37.4 Å². The number of rotatable bonds is 3. The zero-order chi connectivity index (χ0) is 14.7. The van der Waals surface area contributed by atoms with Crippen LogP contribution in [0.2, 0.25) is 0 Å². The van der Waals surface area contributed by atoms with Crippen molar-refractivity contribution in [1.82, 2.24) is 4.90 Å². The molecule has 0 spiro atoms. The number of nitrogens with zero attached hydrogens (tertiary/aromatic N) is 1. The van der Waals surface area contributed by atoms with E-state index < -0.39 is 0 Å². The van der Waals surface area contributed by atoms with Gasteiger partial charge in [0.05, 0.1) is 6.42 Å². The van der Waals surface area contributed by atoms with Crippen LogP contribution in [0, 0.1) is 5.92 Å². The number of ketones is 1. The Morgan fingerprint density at radius 2 is 1.90 bits per heavy atom. The maximum atomic E-state index is 12.6. The highest BCUT2D eigenvalue weighted by atomic mass is 16.2. The first-order valence-corrected chi connectivity index (χ1v) is 8.12. The molecule has 3 nitrogen and oxygen atoms in total. The Bertz CT molecular complexity index is 511. The van der Waals surface area contributed by atoms with Crippen molar-refractivity contribution >= 4 is 11.7 Å². The van der Waals surface area contributed by atoms with Crippen LogP contribution in [0.15, 0.2) is 30.3 Å². The van der Waals surface area contributed by atoms with Crippen LogP contribution in [0.25, 0.3) is 0 Å². The first-order chi connectivity index (χ1) is 10.3. The fraction of sp³-hybridized carbons (Fsp3) is 0.556. The van der Waals surface area contributed by atoms with Gasteiger partial charge in [0.1, 0.15) is 5.78 Å². The van der Waals surface area contributed by atoms with Gasteiger partial charge in [0.2, 0.25) is 5.91 Å². The van der Waals surface area contributed by atoms with E-state index in [2.05, 4.69) is 0 Å². The van der Waals surface area contributed by atoms with Crippen molar-refractivity contribution in [2.45, 2.75) is 51.0 Å². The Hall–Kier alpha value is -1.64. The van der Waals surface area contributed by atoms with Crippen LogP contribution in [0.3, 0.4) is 0 Å². The van der Waals surface area contributed by atoms with Gasteiger partial charge in [-0.3, -0.25) is 9.59 Å². The van der Waals surface area contributed by atoms with E-state index in [9.17, 15) is 9.59 Å². The Morgan fingerprint density at radius 3 is 2.67 bits per heavy atom. The molecule has 1 saturated carbocycles. The number of hydrogen-bond acceptors (Lipinski definition) is 2. The van der Waals surface area contributed by atoms with Crippen LogP contribution >= 0.6 is 0 Å². The van der Waals surface area contributed by atoms with Gasteiger partial charge in [0.15, 0.2) is 0 Å². The van der Waals surface area contributed by atoms with E-state index in [1.54, 1.807) is 0 Å². The lowest BCUT2D eigenvalue weighted by molar-refractivity contribution is -0.135. The highest BCUT2D eigenvalue weighted by Crippen LogP contribution is 2.32. The van der Waals surface area contributed by atoms with E-state index in [-0.39, 0.29) is 17.9 Å². The standard InChI is InChI=1S/C18H23NO2/c20-17-11-5-4-9-15(17)16-10-6-12-19(16)18(21)13-14-7-2-1-3-8-14/h1-3,7-8,15-16H,4-6,9-13H2. The Balaban J connectivity index is 1.68. The van der Waals surface area contributed by atoms with Crippen molar-refractivity contribution < 1.29 is 9.59 Å². The molecule has 1 aliphatic heterocycles. The molecule has 3 rings (SSSR count). The van der Waals surface area contributed by atoms with Crippen LogP contribution < -0.4 is 0 Å². The molecule has 2 unspecified atom stereocenters. The quantitative estimate of drug-likeness (QED) is 0.856. The van der Waals surface area contributed by atoms with Gasteiger partial charge in [0.25, 0.3) is 0 Å². The molecule has 2 aliphatic rings. The summed E-state index contributed by atoms with van der Waals surface area (Å²) in [5, 5.41) is 0. The Kier molecular flexibility index (Phi) is 4.37. The Morgan fingerprint density at radius 1 is 1.10 bits per heavy atom. The molecule has 0 radical (unpaired) electrons. The lowest BCUT2D eigenvalue weighted by Crippen LogP contribution is -2.44. The molecule has 2 atom stereocenters. The predicted molar refractivity (Wildman–Crippen MR) is 81.8 cm³/mol. The molecular weight excluding hydrogens is 262 g/mol. The van der Waals surface area contributed by atoms with Gasteiger partial charge in [-0.2, -0.15) is 0 Å². The number of carbonyl (C=O) groups is 2. The van der Waals surface area contributed by atoms with Crippen molar-refractivity contribution in [1.29, 1.82) is 0 Å². The molecule has 2 fully saturated rings. The number of hydrogen-bond donors (Lipinski definition) is 0. The first kappa shape index (κ1) is 14.3. The minimum atomic E-state index is 0.0981. The van der Waals surface area contributed by atoms with E-state index in [1.165, 1.54) is 0 Å². The third-order valence-electron chi connectivity index (χ3n) is 4.88. The molecule has 1 aromatic rings. The van der Waals surface area contributed by atoms with Gasteiger partial charge in [-0.1, -0.05) is 36.8 Å². The summed E-state index contributed by atoms with van der Waals surface area (Å²) in [5.74, 6) is 0.661. The zero-order valence-corrected chi connectivity index (χ0v) is 12.5. The summed E-state index contributed by atoms with van der Waals surface area (Å²) in [4.78, 5) is 26.7. The number of carbonyl (C=O) groups excluding carboxylic acids is 2. The van der Waals surface area contributed by atoms with E-state index in [0.717, 1.165) is 44.2 Å². The van der Waals surface area contributed by atoms with Crippen LogP contribution in [-0.2, 0) is 16.0 Å². The minimum absolute atomic E-state index is 0.0981. The molecule has 0 N–H and O–H groups in total. The second-order valence-electron chi connectivity index (χ2n) is 6.28. The minimum Gasteiger partial charge on any atom is -0.339 e. The van der Waals surface area contributed by atoms with Crippen LogP contribution in [0.1, 0.15) is 44.1 Å². The van der Waals surface area contributed by atoms with Gasteiger partial charge in [0, 0.05) is 24.9 Å². The lowest BCUT2D eigenvalue weighted by Gasteiger charge is -2.33. The molecule has 21 heavy (non-hydrogen) atoms. The van der Waals surface area contributed by atoms with Crippen LogP contribution in [0.5, 0.6) is 0 Å². The fourth-order valence-corrected chi connectivity index (χ4v) is 3.81. The van der Waals surface area contributed by atoms with E-state index in [4.69, 9.17) is 0 Å². The van der Waals surface area contributed by atoms with Crippen molar-refractivity contribution in [2.24, 2.45) is 5.92 Å². The Labute approximate surface area is 126 Å². The molecular formula is C18H23NO2. The number of benzene rings is 1. The van der Waals surface area contributed by atoms with Crippen molar-refractivity contribution in [3.8, 4) is 0 Å². The molecule has 1 aliphatic carbocycles. The second-order valence-corrected chi connectivity index (χ2v) is 6.28. The third-order valence-corrected chi connectivity index (χ3v) is 4.88. The van der Waals surface area contributed by atoms with Gasteiger partial charge >= 0.3 is 0 Å². The van der Waals surface area contributed by atoms with E-state index >= 15 is 0 Å². The maximum absolute atomic E-state index is 12.6. The van der Waals surface area contributed by atoms with Crippen molar-refractivity contribution in [3.63, 3.8) is 0 Å². The summed E-state index contributed by atoms with van der Waals surface area (Å²) in [6.07, 6.45) is 6.33. The summed E-state index contributed by atoms with van der Waals surface area (Å²) in [6, 6.07) is 10.1. The number of amides is 1. The lowest BCUT2D eigenvalue weighted by atomic mass is 9.81. The number of likely N-dealkylation sites (tertiary alicyclic amines) is 1. The molecule has 1 amide bonds. The summed E-state index contributed by atoms with van der Waals surface area (Å²) in [7, 11) is 0. The molecule has 1 saturated heterocycles. The summed E-state index contributed by atoms with van der Waals surface area (Å²) < 4.78 is 0. The normalized spacial score (nSPS) is 26.1. The highest BCUT2D eigenvalue weighted by molar-refractivity contribution is 5.84. The monoisotopic (exact) mass is 285 g/mol. The van der Waals surface area contributed by atoms with E-state index in [1.807, 2.05) is 35.2 Å². The van der Waals surface area contributed by atoms with Crippen molar-refractivity contribution in [3.05, 3.63) is 35.9 Å². The molecule has 112 valence electrons. The smallest absolute Gasteiger partial charge is 0.227 e. The van der Waals surface area contributed by atoms with Crippen LogP contribution in [-0.4, -0.2) is 29.2 Å². The van der Waals surface area contributed by atoms with Gasteiger partial charge in [-0.05, 0) is 31.2 Å². The zero-order valence-electron chi connectivity index (χ0n) is 12.5. The summed E-state index contributed by atoms with van der Waals surface area (Å²) >= 11 is 0. The molecule has 1 heterocycles. The fourth-order valence-electron chi connectivity index (χ4n) is 3.81. The first-order valence-electron chi connectivity index (χ1n) is 8.12. The molecule has 3 heteroatoms. The third kappa shape index (κ3) is 3.17. The highest BCUT2D eigenvalue weighted by Gasteiger charge is 2.38. The van der Waals surface area contributed by atoms with Gasteiger partial charge in [-0.25, -0.2) is 0 Å². The van der Waals surface area contributed by atoms with E-state index in [0.29, 0.717) is 18.6 Å². The average Bonchev–Trinajstić information content (AvgIpc) is 2.98. The molecule has 0 aromatic heterocycles. The average molecular weight is 285 g/mol. The summed E-state index contributed by atoms with van der Waals surface area (Å²) in [5.41, 5.74) is 1.06. The molecule has 0 bridgehead atoms. The second kappa shape index (κ2) is 6.42. The predicted octanol–water partition coefficient (Wildman–Crippen LogP) is 2.98. The maximum Gasteiger partial charge on any atom is 0.227 e. The van der Waals surface area contributed by atoms with Gasteiger partial charge in [-0.15, -0.1) is 0 Å².